The van der Waals surface area contributed by atoms with Crippen molar-refractivity contribution in [3.63, 3.8) is 0 Å². The van der Waals surface area contributed by atoms with E-state index in [9.17, 15) is 14.7 Å². The molecule has 1 heterocycles. The van der Waals surface area contributed by atoms with E-state index < -0.39 is 5.92 Å². The molecule has 0 radical (unpaired) electrons. The number of benzene rings is 2. The first-order chi connectivity index (χ1) is 12.8. The van der Waals surface area contributed by atoms with Crippen molar-refractivity contribution in [1.82, 2.24) is 0 Å². The Labute approximate surface area is 166 Å². The van der Waals surface area contributed by atoms with Gasteiger partial charge in [0.15, 0.2) is 5.75 Å². The van der Waals surface area contributed by atoms with Gasteiger partial charge in [-0.25, -0.2) is 0 Å². The summed E-state index contributed by atoms with van der Waals surface area (Å²) in [7, 11) is 1.54. The Morgan fingerprint density at radius 2 is 1.93 bits per heavy atom. The molecule has 6 nitrogen and oxygen atoms in total. The standard InChI is InChI=1S/C19H18Cl2N2O4/c1-10-3-4-16(27-2)15(5-10)23-9-11(6-17(23)24)19(26)22-12-7-13(20)18(25)14(21)8-12/h3-5,7-8,11,25H,6,9H2,1-2H3,(H,22,26). The quantitative estimate of drug-likeness (QED) is 0.749. The van der Waals surface area contributed by atoms with Crippen LogP contribution in [0.25, 0.3) is 0 Å². The first kappa shape index (κ1) is 19.3. The van der Waals surface area contributed by atoms with Gasteiger partial charge >= 0.3 is 0 Å². The number of halogens is 2. The molecule has 27 heavy (non-hydrogen) atoms. The molecule has 142 valence electrons. The third kappa shape index (κ3) is 3.96. The molecule has 8 heteroatoms. The molecule has 0 saturated carbocycles. The van der Waals surface area contributed by atoms with Gasteiger partial charge < -0.3 is 20.1 Å². The number of nitrogens with one attached hydrogen (secondary N) is 1. The number of hydrogen-bond donors (Lipinski definition) is 2. The molecule has 1 aliphatic heterocycles. The number of carbonyl (C=O) groups excluding carboxylic acids is 2. The molecular weight excluding hydrogens is 391 g/mol. The monoisotopic (exact) mass is 408 g/mol. The van der Waals surface area contributed by atoms with Crippen LogP contribution >= 0.6 is 23.2 Å². The number of carbonyl (C=O) groups is 2. The number of phenolic OH excluding ortho intramolecular Hbond substituents is 1. The zero-order chi connectivity index (χ0) is 19.7. The number of aromatic hydroxyl groups is 1. The summed E-state index contributed by atoms with van der Waals surface area (Å²) in [5.74, 6) is -0.678. The lowest BCUT2D eigenvalue weighted by Gasteiger charge is -2.20. The van der Waals surface area contributed by atoms with Crippen LogP contribution in [-0.4, -0.2) is 30.6 Å². The molecule has 2 amide bonds. The molecule has 1 fully saturated rings. The normalized spacial score (nSPS) is 16.5. The summed E-state index contributed by atoms with van der Waals surface area (Å²) in [6.07, 6.45) is 0.0858. The largest absolute Gasteiger partial charge is 0.505 e. The van der Waals surface area contributed by atoms with Crippen LogP contribution < -0.4 is 15.0 Å². The van der Waals surface area contributed by atoms with Crippen LogP contribution in [0.15, 0.2) is 30.3 Å². The Kier molecular flexibility index (Phi) is 5.48. The fourth-order valence-corrected chi connectivity index (χ4v) is 3.50. The first-order valence-corrected chi connectivity index (χ1v) is 8.99. The maximum atomic E-state index is 12.6. The summed E-state index contributed by atoms with van der Waals surface area (Å²) in [4.78, 5) is 26.6. The maximum absolute atomic E-state index is 12.6. The third-order valence-corrected chi connectivity index (χ3v) is 4.98. The molecule has 0 aromatic heterocycles. The second-order valence-corrected chi connectivity index (χ2v) is 7.17. The second kappa shape index (κ2) is 7.66. The summed E-state index contributed by atoms with van der Waals surface area (Å²) in [6.45, 7) is 2.16. The highest BCUT2D eigenvalue weighted by Gasteiger charge is 2.36. The van der Waals surface area contributed by atoms with Gasteiger partial charge in [0, 0.05) is 18.7 Å². The number of methoxy groups -OCH3 is 1. The molecule has 1 atom stereocenters. The van der Waals surface area contributed by atoms with Gasteiger partial charge in [-0.15, -0.1) is 0 Å². The zero-order valence-electron chi connectivity index (χ0n) is 14.8. The number of rotatable bonds is 4. The predicted octanol–water partition coefficient (Wildman–Crippen LogP) is 4.01. The smallest absolute Gasteiger partial charge is 0.229 e. The first-order valence-electron chi connectivity index (χ1n) is 8.24. The lowest BCUT2D eigenvalue weighted by Crippen LogP contribution is -2.28. The summed E-state index contributed by atoms with van der Waals surface area (Å²) in [5.41, 5.74) is 1.99. The van der Waals surface area contributed by atoms with E-state index in [1.807, 2.05) is 19.1 Å². The van der Waals surface area contributed by atoms with Crippen LogP contribution in [0.1, 0.15) is 12.0 Å². The van der Waals surface area contributed by atoms with Gasteiger partial charge in [0.05, 0.1) is 28.8 Å². The van der Waals surface area contributed by atoms with Crippen molar-refractivity contribution in [2.45, 2.75) is 13.3 Å². The van der Waals surface area contributed by atoms with E-state index >= 15 is 0 Å². The summed E-state index contributed by atoms with van der Waals surface area (Å²) < 4.78 is 5.34. The van der Waals surface area contributed by atoms with E-state index in [0.717, 1.165) is 5.56 Å². The van der Waals surface area contributed by atoms with Gasteiger partial charge in [-0.3, -0.25) is 9.59 Å². The average Bonchev–Trinajstić information content (AvgIpc) is 3.01. The van der Waals surface area contributed by atoms with Crippen molar-refractivity contribution < 1.29 is 19.4 Å². The molecular formula is C19H18Cl2N2O4. The van der Waals surface area contributed by atoms with E-state index in [1.165, 1.54) is 19.2 Å². The zero-order valence-corrected chi connectivity index (χ0v) is 16.3. The molecule has 2 N–H and O–H groups in total. The Bertz CT molecular complexity index is 894. The number of ether oxygens (including phenoxy) is 1. The van der Waals surface area contributed by atoms with Crippen molar-refractivity contribution >= 4 is 46.4 Å². The highest BCUT2D eigenvalue weighted by molar-refractivity contribution is 6.37. The Hall–Kier alpha value is -2.44. The number of anilines is 2. The van der Waals surface area contributed by atoms with E-state index in [1.54, 1.807) is 11.0 Å². The fourth-order valence-electron chi connectivity index (χ4n) is 3.01. The Balaban J connectivity index is 1.77. The van der Waals surface area contributed by atoms with Crippen LogP contribution in [0.4, 0.5) is 11.4 Å². The summed E-state index contributed by atoms with van der Waals surface area (Å²) >= 11 is 11.7. The minimum atomic E-state index is -0.533. The number of amides is 2. The Morgan fingerprint density at radius 1 is 1.26 bits per heavy atom. The van der Waals surface area contributed by atoms with Crippen LogP contribution in [0, 0.1) is 12.8 Å². The molecule has 2 aromatic rings. The molecule has 1 saturated heterocycles. The van der Waals surface area contributed by atoms with Gasteiger partial charge in [0.25, 0.3) is 0 Å². The number of nitrogens with zero attached hydrogens (tertiary/aromatic N) is 1. The SMILES string of the molecule is COc1ccc(C)cc1N1CC(C(=O)Nc2cc(Cl)c(O)c(Cl)c2)CC1=O. The molecule has 1 unspecified atom stereocenters. The van der Waals surface area contributed by atoms with Gasteiger partial charge in [-0.2, -0.15) is 0 Å². The van der Waals surface area contributed by atoms with Gasteiger partial charge in [-0.1, -0.05) is 29.3 Å². The van der Waals surface area contributed by atoms with Crippen molar-refractivity contribution in [2.75, 3.05) is 23.9 Å². The average molecular weight is 409 g/mol. The number of hydrogen-bond acceptors (Lipinski definition) is 4. The Morgan fingerprint density at radius 3 is 2.56 bits per heavy atom. The van der Waals surface area contributed by atoms with Crippen molar-refractivity contribution in [2.24, 2.45) is 5.92 Å². The topological polar surface area (TPSA) is 78.9 Å². The predicted molar refractivity (Wildman–Crippen MR) is 105 cm³/mol. The molecule has 0 spiro atoms. The van der Waals surface area contributed by atoms with Crippen LogP contribution in [-0.2, 0) is 9.59 Å². The molecule has 2 aromatic carbocycles. The van der Waals surface area contributed by atoms with E-state index in [4.69, 9.17) is 27.9 Å². The maximum Gasteiger partial charge on any atom is 0.229 e. The minimum Gasteiger partial charge on any atom is -0.505 e. The van der Waals surface area contributed by atoms with Crippen molar-refractivity contribution in [3.05, 3.63) is 45.9 Å². The van der Waals surface area contributed by atoms with Crippen LogP contribution in [0.2, 0.25) is 10.0 Å². The van der Waals surface area contributed by atoms with Crippen LogP contribution in [0.5, 0.6) is 11.5 Å². The van der Waals surface area contributed by atoms with Crippen molar-refractivity contribution in [1.29, 1.82) is 0 Å². The fraction of sp³-hybridized carbons (Fsp3) is 0.263. The lowest BCUT2D eigenvalue weighted by molar-refractivity contribution is -0.122. The molecule has 3 rings (SSSR count). The number of phenols is 1. The summed E-state index contributed by atoms with van der Waals surface area (Å²) in [6, 6.07) is 8.35. The second-order valence-electron chi connectivity index (χ2n) is 6.36. The third-order valence-electron chi connectivity index (χ3n) is 4.41. The van der Waals surface area contributed by atoms with Gasteiger partial charge in [0.1, 0.15) is 5.75 Å². The molecule has 0 aliphatic carbocycles. The van der Waals surface area contributed by atoms with E-state index in [-0.39, 0.29) is 40.6 Å². The van der Waals surface area contributed by atoms with Gasteiger partial charge in [-0.05, 0) is 36.8 Å². The van der Waals surface area contributed by atoms with E-state index in [2.05, 4.69) is 5.32 Å². The highest BCUT2D eigenvalue weighted by atomic mass is 35.5. The summed E-state index contributed by atoms with van der Waals surface area (Å²) in [5, 5.41) is 12.4. The molecule has 1 aliphatic rings. The van der Waals surface area contributed by atoms with Crippen LogP contribution in [0.3, 0.4) is 0 Å². The number of aryl methyl sites for hydroxylation is 1. The van der Waals surface area contributed by atoms with Gasteiger partial charge in [0.2, 0.25) is 11.8 Å². The highest BCUT2D eigenvalue weighted by Crippen LogP contribution is 2.36. The van der Waals surface area contributed by atoms with E-state index in [0.29, 0.717) is 17.1 Å². The molecule has 0 bridgehead atoms. The minimum absolute atomic E-state index is 0.0337. The lowest BCUT2D eigenvalue weighted by atomic mass is 10.1. The van der Waals surface area contributed by atoms with Crippen molar-refractivity contribution in [3.8, 4) is 11.5 Å².